The Bertz CT molecular complexity index is 361. The molecule has 0 fully saturated rings. The molecule has 0 bridgehead atoms. The molecule has 0 aliphatic carbocycles. The monoisotopic (exact) mass is 420 g/mol. The third-order valence-electron chi connectivity index (χ3n) is 1.85. The van der Waals surface area contributed by atoms with Crippen LogP contribution in [0.3, 0.4) is 0 Å². The third-order valence-corrected chi connectivity index (χ3v) is 1.85. The minimum atomic E-state index is -5.09. The van der Waals surface area contributed by atoms with Crippen LogP contribution in [0.25, 0.3) is 12.2 Å². The summed E-state index contributed by atoms with van der Waals surface area (Å²) in [6, 6.07) is 16.1. The van der Waals surface area contributed by atoms with Gasteiger partial charge in [-0.25, -0.2) is 0 Å². The molecule has 0 N–H and O–H groups in total. The van der Waals surface area contributed by atoms with Crippen molar-refractivity contribution in [1.29, 1.82) is 0 Å². The number of rotatable bonds is 2. The summed E-state index contributed by atoms with van der Waals surface area (Å²) in [5, 5.41) is 0. The quantitative estimate of drug-likeness (QED) is 0.575. The molecule has 2 rings (SSSR count). The van der Waals surface area contributed by atoms with Crippen LogP contribution in [-0.2, 0) is 20.1 Å². The Morgan fingerprint density at radius 2 is 0.944 bits per heavy atom. The minimum absolute atomic E-state index is 1.19. The molecule has 0 aromatic heterocycles. The second kappa shape index (κ2) is 10.8. The van der Waals surface area contributed by atoms with Crippen LogP contribution >= 0.6 is 0 Å². The van der Waals surface area contributed by atoms with E-state index in [4.69, 9.17) is 0 Å². The van der Waals surface area contributed by atoms with Gasteiger partial charge in [-0.15, -0.1) is 47.5 Å². The van der Waals surface area contributed by atoms with Crippen molar-refractivity contribution in [3.63, 3.8) is 0 Å². The van der Waals surface area contributed by atoms with E-state index >= 15 is 0 Å². The van der Waals surface area contributed by atoms with E-state index in [9.17, 15) is 9.07 Å². The van der Waals surface area contributed by atoms with Gasteiger partial charge in [-0.2, -0.15) is 37.4 Å². The van der Waals surface area contributed by atoms with Crippen LogP contribution in [0.2, 0.25) is 0 Å². The zero-order valence-electron chi connectivity index (χ0n) is 9.77. The Kier molecular flexibility index (Phi) is 10.1. The first kappa shape index (κ1) is 16.7. The van der Waals surface area contributed by atoms with Crippen molar-refractivity contribution in [3.05, 3.63) is 72.8 Å². The molecule has 0 saturated heterocycles. The zero-order chi connectivity index (χ0) is 13.8. The van der Waals surface area contributed by atoms with E-state index in [-0.39, 0.29) is 0 Å². The zero-order valence-corrected chi connectivity index (χ0v) is 13.0. The van der Waals surface area contributed by atoms with E-state index in [1.807, 2.05) is 60.7 Å². The maximum absolute atomic E-state index is 9.87. The predicted molar refractivity (Wildman–Crippen MR) is 67.6 cm³/mol. The Morgan fingerprint density at radius 3 is 1.06 bits per heavy atom. The summed E-state index contributed by atoms with van der Waals surface area (Å²) >= 11 is -5.09. The van der Waals surface area contributed by atoms with Gasteiger partial charge in [-0.05, 0) is 0 Å². The van der Waals surface area contributed by atoms with Crippen molar-refractivity contribution < 1.29 is 29.2 Å². The summed E-state index contributed by atoms with van der Waals surface area (Å²) in [7, 11) is 0. The van der Waals surface area contributed by atoms with Gasteiger partial charge in [0.2, 0.25) is 0 Å². The van der Waals surface area contributed by atoms with Crippen LogP contribution < -0.4 is 0 Å². The van der Waals surface area contributed by atoms with Crippen LogP contribution in [-0.4, -0.2) is 0 Å². The first-order valence-corrected chi connectivity index (χ1v) is 8.70. The Labute approximate surface area is 114 Å². The fourth-order valence-electron chi connectivity index (χ4n) is 1.05. The van der Waals surface area contributed by atoms with Gasteiger partial charge < -0.3 is 0 Å². The van der Waals surface area contributed by atoms with Crippen LogP contribution in [0.4, 0.5) is 9.07 Å². The van der Waals surface area contributed by atoms with Crippen molar-refractivity contribution >= 4 is 12.2 Å². The summed E-state index contributed by atoms with van der Waals surface area (Å²) in [4.78, 5) is 0. The van der Waals surface area contributed by atoms with E-state index in [1.54, 1.807) is 0 Å². The van der Waals surface area contributed by atoms with Crippen molar-refractivity contribution in [2.24, 2.45) is 0 Å². The molecule has 0 aliphatic heterocycles. The Hall–Kier alpha value is -1.29. The second-order valence-corrected chi connectivity index (χ2v) is 4.41. The van der Waals surface area contributed by atoms with Gasteiger partial charge in [0.1, 0.15) is 0 Å². The summed E-state index contributed by atoms with van der Waals surface area (Å²) < 4.78 is 29.6. The normalized spacial score (nSPS) is 8.67. The van der Waals surface area contributed by atoms with Crippen molar-refractivity contribution in [2.75, 3.05) is 0 Å². The Morgan fingerprint density at radius 1 is 0.722 bits per heavy atom. The first-order valence-electron chi connectivity index (χ1n) is 5.06. The van der Waals surface area contributed by atoms with E-state index in [2.05, 4.69) is 13.2 Å². The second-order valence-electron chi connectivity index (χ2n) is 3.04. The summed E-state index contributed by atoms with van der Waals surface area (Å²) in [5.74, 6) is 0. The topological polar surface area (TPSA) is 0 Å². The van der Waals surface area contributed by atoms with Gasteiger partial charge in [0.25, 0.3) is 0 Å². The molecule has 2 aromatic carbocycles. The van der Waals surface area contributed by atoms with Gasteiger partial charge in [0, 0.05) is 0 Å². The molecule has 0 radical (unpaired) electrons. The fourth-order valence-corrected chi connectivity index (χ4v) is 1.05. The number of halogens is 3. The third kappa shape index (κ3) is 9.90. The predicted octanol–water partition coefficient (Wildman–Crippen LogP) is 5.36. The molecule has 0 nitrogen and oxygen atoms in total. The van der Waals surface area contributed by atoms with Crippen molar-refractivity contribution in [2.45, 2.75) is 0 Å². The van der Waals surface area contributed by atoms with E-state index in [1.165, 1.54) is 11.1 Å². The van der Waals surface area contributed by atoms with Crippen LogP contribution in [0.5, 0.6) is 0 Å². The van der Waals surface area contributed by atoms with Crippen molar-refractivity contribution in [3.8, 4) is 0 Å². The molecule has 0 saturated carbocycles. The van der Waals surface area contributed by atoms with Gasteiger partial charge in [0.15, 0.2) is 0 Å². The van der Waals surface area contributed by atoms with Crippen LogP contribution in [0.1, 0.15) is 11.1 Å². The van der Waals surface area contributed by atoms with E-state index in [0.717, 1.165) is 0 Å². The van der Waals surface area contributed by atoms with Crippen LogP contribution in [0, 0.1) is 0 Å². The molecule has 18 heavy (non-hydrogen) atoms. The van der Waals surface area contributed by atoms with Gasteiger partial charge in [0.05, 0.1) is 0 Å². The summed E-state index contributed by atoms with van der Waals surface area (Å²) in [6.07, 6.45) is 3.67. The average Bonchev–Trinajstić information content (AvgIpc) is 3.02. The number of hydrogen-bond donors (Lipinski definition) is 0. The van der Waals surface area contributed by atoms with Gasteiger partial charge in [-0.3, -0.25) is 0 Å². The molecule has 0 unspecified atom stereocenters. The molecule has 0 atom stereocenters. The molecule has 0 spiro atoms. The maximum atomic E-state index is 9.87. The van der Waals surface area contributed by atoms with Crippen molar-refractivity contribution in [1.82, 2.24) is 0 Å². The molecule has 98 valence electrons. The molecule has 0 aliphatic rings. The Balaban J connectivity index is 0.000000253. The molecule has 4 heteroatoms. The van der Waals surface area contributed by atoms with E-state index in [0.29, 0.717) is 0 Å². The molecule has 0 heterocycles. The molecule has 2 aromatic rings. The molecule has 0 amide bonds. The molecular weight excluding hydrogens is 406 g/mol. The molecular formula is C14H14F3Ta-2. The van der Waals surface area contributed by atoms with Crippen LogP contribution in [0.15, 0.2) is 61.7 Å². The fraction of sp³-hybridized carbons (Fsp3) is 0. The van der Waals surface area contributed by atoms with Gasteiger partial charge >= 0.3 is 29.2 Å². The summed E-state index contributed by atoms with van der Waals surface area (Å²) in [5.41, 5.74) is 2.39. The SMILES string of the molecule is C=C[c-]1cccc1.C=C[c-]1cccc1.[F][Ta]([F])[F]. The van der Waals surface area contributed by atoms with Gasteiger partial charge in [-0.1, -0.05) is 0 Å². The standard InChI is InChI=1S/2C7H7.3FH.Ta/c2*1-2-7-5-3-4-6-7;;;;/h2*2-6H,1H2;3*1H;/q2*-1;;;;+3/p-3. The average molecular weight is 420 g/mol. The van der Waals surface area contributed by atoms with E-state index < -0.39 is 20.1 Å². The first-order chi connectivity index (χ1) is 8.60. The number of hydrogen-bond acceptors (Lipinski definition) is 0. The summed E-state index contributed by atoms with van der Waals surface area (Å²) in [6.45, 7) is 7.21.